The van der Waals surface area contributed by atoms with E-state index in [4.69, 9.17) is 0 Å². The van der Waals surface area contributed by atoms with E-state index in [1.807, 2.05) is 20.8 Å². The number of aromatic nitrogens is 4. The Balaban J connectivity index is 2.38. The summed E-state index contributed by atoms with van der Waals surface area (Å²) in [6.45, 7) is 10.4. The Hall–Kier alpha value is -2.90. The van der Waals surface area contributed by atoms with Gasteiger partial charge in [0.1, 0.15) is 12.0 Å². The van der Waals surface area contributed by atoms with Gasteiger partial charge >= 0.3 is 0 Å². The molecule has 0 saturated heterocycles. The highest BCUT2D eigenvalue weighted by atomic mass is 19.1. The van der Waals surface area contributed by atoms with Gasteiger partial charge in [0.15, 0.2) is 5.82 Å². The molecule has 0 aromatic carbocycles. The maximum absolute atomic E-state index is 13.5. The topological polar surface area (TPSA) is 87.1 Å². The molecule has 2 aromatic rings. The van der Waals surface area contributed by atoms with E-state index in [0.717, 1.165) is 12.0 Å². The monoisotopic (exact) mass is 372 g/mol. The summed E-state index contributed by atoms with van der Waals surface area (Å²) >= 11 is 0. The first-order valence-corrected chi connectivity index (χ1v) is 8.92. The lowest BCUT2D eigenvalue weighted by Crippen LogP contribution is -2.36. The fourth-order valence-electron chi connectivity index (χ4n) is 2.77. The summed E-state index contributed by atoms with van der Waals surface area (Å²) in [4.78, 5) is 26.6. The van der Waals surface area contributed by atoms with Crippen LogP contribution in [0, 0.1) is 11.9 Å². The van der Waals surface area contributed by atoms with Crippen molar-refractivity contribution in [3.8, 4) is 0 Å². The van der Waals surface area contributed by atoms with E-state index < -0.39 is 5.95 Å². The van der Waals surface area contributed by atoms with E-state index in [1.54, 1.807) is 4.90 Å². The van der Waals surface area contributed by atoms with E-state index >= 15 is 0 Å². The second-order valence-electron chi connectivity index (χ2n) is 6.59. The first kappa shape index (κ1) is 20.4. The van der Waals surface area contributed by atoms with Crippen LogP contribution in [-0.2, 0) is 0 Å². The Kier molecular flexibility index (Phi) is 7.34. The van der Waals surface area contributed by atoms with Crippen molar-refractivity contribution in [1.29, 1.82) is 0 Å². The average Bonchev–Trinajstić information content (AvgIpc) is 3.17. The molecule has 0 atom stereocenters. The van der Waals surface area contributed by atoms with Gasteiger partial charge in [-0.2, -0.15) is 9.49 Å². The molecule has 0 fully saturated rings. The molecule has 0 spiro atoms. The summed E-state index contributed by atoms with van der Waals surface area (Å²) in [5.41, 5.74) is 1.56. The van der Waals surface area contributed by atoms with Crippen molar-refractivity contribution in [2.45, 2.75) is 33.6 Å². The van der Waals surface area contributed by atoms with Crippen molar-refractivity contribution in [2.75, 3.05) is 13.1 Å². The molecule has 8 heteroatoms. The van der Waals surface area contributed by atoms with Crippen LogP contribution in [0.3, 0.4) is 0 Å². The molecule has 27 heavy (non-hydrogen) atoms. The van der Waals surface area contributed by atoms with Crippen LogP contribution in [0.5, 0.6) is 0 Å². The van der Waals surface area contributed by atoms with Crippen LogP contribution >= 0.6 is 0 Å². The molecule has 0 radical (unpaired) electrons. The minimum Gasteiger partial charge on any atom is -0.331 e. The van der Waals surface area contributed by atoms with Crippen LogP contribution in [0.15, 0.2) is 35.2 Å². The highest BCUT2D eigenvalue weighted by Crippen LogP contribution is 2.23. The zero-order valence-corrected chi connectivity index (χ0v) is 15.9. The van der Waals surface area contributed by atoms with Gasteiger partial charge in [0, 0.05) is 12.1 Å². The minimum absolute atomic E-state index is 0.0655. The molecule has 0 aliphatic heterocycles. The Morgan fingerprint density at radius 2 is 2.19 bits per heavy atom. The van der Waals surface area contributed by atoms with Gasteiger partial charge in [-0.3, -0.25) is 14.9 Å². The van der Waals surface area contributed by atoms with Crippen LogP contribution in [0.2, 0.25) is 0 Å². The standard InChI is InChI=1S/C19H25FN6O/c1-5-7-14(18-22-12-23-25-18)16(21-4)11-26(10-13(2)3)19(27)15-8-6-9-17(20)24-15/h6,8-9,12-13H,4-5,7,10-11H2,1-3H3,(H,22,23,25)/b16-14-. The summed E-state index contributed by atoms with van der Waals surface area (Å²) in [7, 11) is 0. The third-order valence-corrected chi connectivity index (χ3v) is 3.89. The van der Waals surface area contributed by atoms with Gasteiger partial charge in [0.25, 0.3) is 5.91 Å². The number of hydrogen-bond donors (Lipinski definition) is 1. The Morgan fingerprint density at radius 1 is 1.41 bits per heavy atom. The van der Waals surface area contributed by atoms with Gasteiger partial charge in [-0.25, -0.2) is 9.97 Å². The number of nitrogens with one attached hydrogen (secondary N) is 1. The predicted molar refractivity (Wildman–Crippen MR) is 103 cm³/mol. The molecule has 0 unspecified atom stereocenters. The summed E-state index contributed by atoms with van der Waals surface area (Å²) in [5, 5.41) is 6.74. The molecule has 0 aliphatic rings. The zero-order chi connectivity index (χ0) is 19.8. The van der Waals surface area contributed by atoms with Crippen molar-refractivity contribution in [1.82, 2.24) is 25.1 Å². The lowest BCUT2D eigenvalue weighted by Gasteiger charge is -2.25. The van der Waals surface area contributed by atoms with E-state index in [1.165, 1.54) is 24.5 Å². The van der Waals surface area contributed by atoms with Crippen LogP contribution in [-0.4, -0.2) is 50.8 Å². The molecular formula is C19H25FN6O. The molecule has 2 rings (SSSR count). The van der Waals surface area contributed by atoms with E-state index in [-0.39, 0.29) is 24.1 Å². The van der Waals surface area contributed by atoms with Crippen LogP contribution in [0.25, 0.3) is 5.57 Å². The fraction of sp³-hybridized carbons (Fsp3) is 0.421. The Labute approximate surface area is 158 Å². The number of aliphatic imine (C=N–C) groups is 1. The number of rotatable bonds is 9. The van der Waals surface area contributed by atoms with Crippen molar-refractivity contribution >= 4 is 18.2 Å². The largest absolute Gasteiger partial charge is 0.331 e. The summed E-state index contributed by atoms with van der Waals surface area (Å²) in [6, 6.07) is 4.19. The molecule has 2 heterocycles. The van der Waals surface area contributed by atoms with Gasteiger partial charge in [-0.1, -0.05) is 33.3 Å². The number of pyridine rings is 1. The third kappa shape index (κ3) is 5.54. The fourth-order valence-corrected chi connectivity index (χ4v) is 2.77. The SMILES string of the molecule is C=N/C(CN(CC(C)C)C(=O)c1cccc(F)n1)=C(/CCC)c1ncn[nH]1. The van der Waals surface area contributed by atoms with Crippen molar-refractivity contribution in [3.63, 3.8) is 0 Å². The highest BCUT2D eigenvalue weighted by Gasteiger charge is 2.22. The van der Waals surface area contributed by atoms with Crippen LogP contribution in [0.4, 0.5) is 4.39 Å². The molecule has 0 bridgehead atoms. The third-order valence-electron chi connectivity index (χ3n) is 3.89. The lowest BCUT2D eigenvalue weighted by molar-refractivity contribution is 0.0744. The molecule has 0 aliphatic carbocycles. The number of aromatic amines is 1. The van der Waals surface area contributed by atoms with Crippen LogP contribution in [0.1, 0.15) is 49.9 Å². The summed E-state index contributed by atoms with van der Waals surface area (Å²) in [5.74, 6) is -0.206. The number of hydrogen-bond acceptors (Lipinski definition) is 5. The van der Waals surface area contributed by atoms with Crippen LogP contribution < -0.4 is 0 Å². The summed E-state index contributed by atoms with van der Waals surface area (Å²) in [6.07, 6.45) is 3.02. The second kappa shape index (κ2) is 9.70. The Bertz CT molecular complexity index is 800. The second-order valence-corrected chi connectivity index (χ2v) is 6.59. The van der Waals surface area contributed by atoms with Crippen molar-refractivity contribution < 1.29 is 9.18 Å². The normalized spacial score (nSPS) is 12.0. The lowest BCUT2D eigenvalue weighted by atomic mass is 10.1. The van der Waals surface area contributed by atoms with Crippen molar-refractivity contribution in [2.24, 2.45) is 10.9 Å². The van der Waals surface area contributed by atoms with Gasteiger partial charge in [-0.15, -0.1) is 0 Å². The van der Waals surface area contributed by atoms with Gasteiger partial charge in [-0.05, 0) is 31.2 Å². The summed E-state index contributed by atoms with van der Waals surface area (Å²) < 4.78 is 13.5. The van der Waals surface area contributed by atoms with E-state index in [2.05, 4.69) is 31.9 Å². The van der Waals surface area contributed by atoms with Gasteiger partial charge in [0.05, 0.1) is 12.2 Å². The molecule has 144 valence electrons. The number of H-pyrrole nitrogens is 1. The van der Waals surface area contributed by atoms with E-state index in [9.17, 15) is 9.18 Å². The molecule has 0 saturated carbocycles. The van der Waals surface area contributed by atoms with Gasteiger partial charge < -0.3 is 4.90 Å². The Morgan fingerprint density at radius 3 is 2.74 bits per heavy atom. The smallest absolute Gasteiger partial charge is 0.272 e. The minimum atomic E-state index is -0.684. The zero-order valence-electron chi connectivity index (χ0n) is 15.9. The predicted octanol–water partition coefficient (Wildman–Crippen LogP) is 3.35. The highest BCUT2D eigenvalue weighted by molar-refractivity contribution is 5.92. The maximum atomic E-state index is 13.5. The number of carbonyl (C=O) groups excluding carboxylic acids is 1. The number of carbonyl (C=O) groups is 1. The number of allylic oxidation sites excluding steroid dienone is 1. The average molecular weight is 372 g/mol. The molecular weight excluding hydrogens is 347 g/mol. The number of amides is 1. The molecule has 2 aromatic heterocycles. The van der Waals surface area contributed by atoms with E-state index in [0.29, 0.717) is 24.5 Å². The molecule has 1 N–H and O–H groups in total. The molecule has 1 amide bonds. The van der Waals surface area contributed by atoms with Crippen molar-refractivity contribution in [3.05, 3.63) is 47.7 Å². The quantitative estimate of drug-likeness (QED) is 0.540. The number of halogens is 1. The molecule has 7 nitrogen and oxygen atoms in total. The first-order valence-electron chi connectivity index (χ1n) is 8.92. The maximum Gasteiger partial charge on any atom is 0.272 e. The van der Waals surface area contributed by atoms with Gasteiger partial charge in [0.2, 0.25) is 5.95 Å². The number of nitrogens with zero attached hydrogens (tertiary/aromatic N) is 5. The first-order chi connectivity index (χ1) is 13.0.